The third-order valence-electron chi connectivity index (χ3n) is 16.2. The number of carbonyl (C=O) groups excluding carboxylic acids is 3. The van der Waals surface area contributed by atoms with Crippen LogP contribution in [-0.4, -0.2) is 37.2 Å². The topological polar surface area (TPSA) is 78.9 Å². The highest BCUT2D eigenvalue weighted by atomic mass is 16.6. The molecule has 0 bridgehead atoms. The van der Waals surface area contributed by atoms with E-state index in [-0.39, 0.29) is 31.1 Å². The third-order valence-corrected chi connectivity index (χ3v) is 16.2. The molecule has 0 heterocycles. The van der Waals surface area contributed by atoms with E-state index in [1.54, 1.807) is 0 Å². The van der Waals surface area contributed by atoms with E-state index in [2.05, 4.69) is 93.7 Å². The Kier molecular flexibility index (Phi) is 68.6. The average molecular weight is 1160 g/mol. The molecule has 0 rings (SSSR count). The SMILES string of the molecule is CC/C=C\C/C=C\C/C=C\C/C=C\C/C=C\C/C=C\CCCCCCCCCCCCCCC(=O)OCC(COC(=O)CCCCCCCCCCC)OC(=O)CCCCCCCCCCCCCCCCCCCCCCCCCCC. The van der Waals surface area contributed by atoms with Crippen LogP contribution >= 0.6 is 0 Å². The number of hydrogen-bond donors (Lipinski definition) is 0. The number of carbonyl (C=O) groups is 3. The molecule has 0 saturated carbocycles. The van der Waals surface area contributed by atoms with E-state index in [1.165, 1.54) is 244 Å². The third kappa shape index (κ3) is 69.5. The largest absolute Gasteiger partial charge is 0.462 e. The molecule has 0 aliphatic carbocycles. The second-order valence-corrected chi connectivity index (χ2v) is 24.5. The van der Waals surface area contributed by atoms with Crippen molar-refractivity contribution >= 4 is 17.9 Å². The van der Waals surface area contributed by atoms with Crippen molar-refractivity contribution in [2.45, 2.75) is 386 Å². The Labute approximate surface area is 516 Å². The zero-order valence-corrected chi connectivity index (χ0v) is 55.5. The minimum Gasteiger partial charge on any atom is -0.462 e. The average Bonchev–Trinajstić information content (AvgIpc) is 3.49. The molecule has 0 aromatic heterocycles. The van der Waals surface area contributed by atoms with Crippen molar-refractivity contribution in [2.75, 3.05) is 13.2 Å². The minimum atomic E-state index is -0.772. The second kappa shape index (κ2) is 71.3. The van der Waals surface area contributed by atoms with Gasteiger partial charge in [-0.1, -0.05) is 363 Å². The fraction of sp³-hybridized carbons (Fsp3) is 0.805. The molecule has 0 aromatic rings. The van der Waals surface area contributed by atoms with Gasteiger partial charge in [0.1, 0.15) is 13.2 Å². The van der Waals surface area contributed by atoms with E-state index in [0.717, 1.165) is 96.3 Å². The fourth-order valence-corrected chi connectivity index (χ4v) is 10.8. The van der Waals surface area contributed by atoms with E-state index >= 15 is 0 Å². The van der Waals surface area contributed by atoms with Gasteiger partial charge in [0.15, 0.2) is 6.10 Å². The van der Waals surface area contributed by atoms with Crippen LogP contribution in [0, 0.1) is 0 Å². The van der Waals surface area contributed by atoms with Crippen molar-refractivity contribution in [3.05, 3.63) is 72.9 Å². The molecule has 1 atom stereocenters. The summed E-state index contributed by atoms with van der Waals surface area (Å²) in [6.45, 7) is 6.57. The highest BCUT2D eigenvalue weighted by molar-refractivity contribution is 5.71. The van der Waals surface area contributed by atoms with Crippen LogP contribution in [0.5, 0.6) is 0 Å². The number of esters is 3. The summed E-state index contributed by atoms with van der Waals surface area (Å²) < 4.78 is 17.0. The summed E-state index contributed by atoms with van der Waals surface area (Å²) in [5, 5.41) is 0. The fourth-order valence-electron chi connectivity index (χ4n) is 10.8. The van der Waals surface area contributed by atoms with Gasteiger partial charge in [0, 0.05) is 19.3 Å². The zero-order chi connectivity index (χ0) is 59.9. The van der Waals surface area contributed by atoms with Crippen LogP contribution in [0.15, 0.2) is 72.9 Å². The van der Waals surface area contributed by atoms with Crippen LogP contribution in [0.4, 0.5) is 0 Å². The standard InChI is InChI=1S/C77H138O6/c1-4-7-10-13-16-19-21-23-25-27-29-31-33-35-36-37-38-39-40-42-43-45-47-49-51-53-55-58-61-64-67-70-76(79)82-73-74(72-81-75(78)69-66-63-60-57-18-15-12-9-6-3)83-77(80)71-68-65-62-59-56-54-52-50-48-46-44-41-34-32-30-28-26-24-22-20-17-14-11-8-5-2/h7,10,16,19,23,25,29,31,35-36,38-39,74H,4-6,8-9,11-15,17-18,20-22,24,26-28,30,32-34,37,40-73H2,1-3H3/b10-7-,19-16-,25-23-,31-29-,36-35-,39-38-. The first-order valence-electron chi connectivity index (χ1n) is 36.4. The molecule has 0 radical (unpaired) electrons. The van der Waals surface area contributed by atoms with Crippen molar-refractivity contribution < 1.29 is 28.6 Å². The van der Waals surface area contributed by atoms with Crippen molar-refractivity contribution in [3.63, 3.8) is 0 Å². The Morgan fingerprint density at radius 3 is 0.735 bits per heavy atom. The Morgan fingerprint density at radius 1 is 0.253 bits per heavy atom. The maximum atomic E-state index is 12.9. The lowest BCUT2D eigenvalue weighted by atomic mass is 10.0. The molecule has 0 fully saturated rings. The predicted molar refractivity (Wildman–Crippen MR) is 362 cm³/mol. The predicted octanol–water partition coefficient (Wildman–Crippen LogP) is 25.2. The molecule has 0 aliphatic rings. The lowest BCUT2D eigenvalue weighted by Gasteiger charge is -2.18. The van der Waals surface area contributed by atoms with Crippen molar-refractivity contribution in [1.82, 2.24) is 0 Å². The maximum absolute atomic E-state index is 12.9. The summed E-state index contributed by atoms with van der Waals surface area (Å²) in [5.74, 6) is -0.851. The lowest BCUT2D eigenvalue weighted by molar-refractivity contribution is -0.167. The molecule has 482 valence electrons. The molecular weight excluding hydrogens is 1020 g/mol. The van der Waals surface area contributed by atoms with Crippen LogP contribution < -0.4 is 0 Å². The van der Waals surface area contributed by atoms with Crippen LogP contribution in [0.1, 0.15) is 380 Å². The normalized spacial score (nSPS) is 12.5. The smallest absolute Gasteiger partial charge is 0.306 e. The van der Waals surface area contributed by atoms with Gasteiger partial charge in [0.25, 0.3) is 0 Å². The summed E-state index contributed by atoms with van der Waals surface area (Å²) in [6, 6.07) is 0. The second-order valence-electron chi connectivity index (χ2n) is 24.5. The molecule has 0 spiro atoms. The summed E-state index contributed by atoms with van der Waals surface area (Å²) in [5.41, 5.74) is 0. The van der Waals surface area contributed by atoms with Crippen LogP contribution in [0.3, 0.4) is 0 Å². The molecule has 1 unspecified atom stereocenters. The number of allylic oxidation sites excluding steroid dienone is 12. The van der Waals surface area contributed by atoms with Crippen LogP contribution in [-0.2, 0) is 28.6 Å². The molecule has 0 amide bonds. The Morgan fingerprint density at radius 2 is 0.470 bits per heavy atom. The van der Waals surface area contributed by atoms with Crippen LogP contribution in [0.25, 0.3) is 0 Å². The van der Waals surface area contributed by atoms with E-state index in [1.807, 2.05) is 0 Å². The van der Waals surface area contributed by atoms with E-state index in [9.17, 15) is 14.4 Å². The van der Waals surface area contributed by atoms with E-state index < -0.39 is 6.10 Å². The van der Waals surface area contributed by atoms with Gasteiger partial charge in [-0.25, -0.2) is 0 Å². The Hall–Kier alpha value is -3.15. The summed E-state index contributed by atoms with van der Waals surface area (Å²) in [6.07, 6.45) is 93.8. The van der Waals surface area contributed by atoms with Gasteiger partial charge >= 0.3 is 17.9 Å². The van der Waals surface area contributed by atoms with Gasteiger partial charge in [0.05, 0.1) is 0 Å². The highest BCUT2D eigenvalue weighted by Crippen LogP contribution is 2.19. The number of rotatable bonds is 67. The Balaban J connectivity index is 4.11. The van der Waals surface area contributed by atoms with Gasteiger partial charge in [-0.15, -0.1) is 0 Å². The molecule has 6 heteroatoms. The number of hydrogen-bond acceptors (Lipinski definition) is 6. The molecule has 6 nitrogen and oxygen atoms in total. The summed E-state index contributed by atoms with van der Waals surface area (Å²) in [7, 11) is 0. The van der Waals surface area contributed by atoms with Gasteiger partial charge in [-0.3, -0.25) is 14.4 Å². The molecule has 0 saturated heterocycles. The quantitative estimate of drug-likeness (QED) is 0.0261. The van der Waals surface area contributed by atoms with Gasteiger partial charge in [-0.2, -0.15) is 0 Å². The van der Waals surface area contributed by atoms with Crippen molar-refractivity contribution in [1.29, 1.82) is 0 Å². The first kappa shape index (κ1) is 79.8. The first-order chi connectivity index (χ1) is 41.0. The Bertz CT molecular complexity index is 1520. The van der Waals surface area contributed by atoms with E-state index in [0.29, 0.717) is 19.3 Å². The summed E-state index contributed by atoms with van der Waals surface area (Å²) >= 11 is 0. The van der Waals surface area contributed by atoms with Crippen LogP contribution in [0.2, 0.25) is 0 Å². The molecule has 83 heavy (non-hydrogen) atoms. The molecule has 0 aliphatic heterocycles. The monoisotopic (exact) mass is 1160 g/mol. The molecular formula is C77H138O6. The number of ether oxygens (including phenoxy) is 3. The van der Waals surface area contributed by atoms with E-state index in [4.69, 9.17) is 14.2 Å². The number of unbranched alkanes of at least 4 members (excludes halogenated alkanes) is 44. The van der Waals surface area contributed by atoms with Gasteiger partial charge in [0.2, 0.25) is 0 Å². The zero-order valence-electron chi connectivity index (χ0n) is 55.5. The molecule has 0 aromatic carbocycles. The van der Waals surface area contributed by atoms with Gasteiger partial charge < -0.3 is 14.2 Å². The first-order valence-corrected chi connectivity index (χ1v) is 36.4. The molecule has 0 N–H and O–H groups in total. The maximum Gasteiger partial charge on any atom is 0.306 e. The summed E-state index contributed by atoms with van der Waals surface area (Å²) in [4.78, 5) is 38.3. The minimum absolute atomic E-state index is 0.0696. The van der Waals surface area contributed by atoms with Crippen molar-refractivity contribution in [3.8, 4) is 0 Å². The lowest BCUT2D eigenvalue weighted by Crippen LogP contribution is -2.30. The van der Waals surface area contributed by atoms with Gasteiger partial charge in [-0.05, 0) is 70.6 Å². The highest BCUT2D eigenvalue weighted by Gasteiger charge is 2.19. The van der Waals surface area contributed by atoms with Crippen molar-refractivity contribution in [2.24, 2.45) is 0 Å².